The lowest BCUT2D eigenvalue weighted by Crippen LogP contribution is -2.01. The first-order valence-corrected chi connectivity index (χ1v) is 5.86. The molecule has 1 aromatic carbocycles. The van der Waals surface area contributed by atoms with E-state index in [-0.39, 0.29) is 0 Å². The second-order valence-corrected chi connectivity index (χ2v) is 4.46. The molecule has 2 N–H and O–H groups in total. The molecule has 0 bridgehead atoms. The minimum absolute atomic E-state index is 0.548. The Kier molecular flexibility index (Phi) is 3.25. The van der Waals surface area contributed by atoms with Gasteiger partial charge in [0.25, 0.3) is 0 Å². The van der Waals surface area contributed by atoms with E-state index in [1.54, 1.807) is 0 Å². The van der Waals surface area contributed by atoms with Crippen LogP contribution in [0.25, 0.3) is 11.3 Å². The number of pyridine rings is 1. The first-order chi connectivity index (χ1) is 8.11. The summed E-state index contributed by atoms with van der Waals surface area (Å²) in [7, 11) is 0. The first kappa shape index (κ1) is 11.8. The van der Waals surface area contributed by atoms with Gasteiger partial charge in [-0.1, -0.05) is 29.8 Å². The first-order valence-electron chi connectivity index (χ1n) is 5.86. The number of rotatable bonds is 2. The number of aryl methyl sites for hydroxylation is 3. The van der Waals surface area contributed by atoms with Crippen LogP contribution in [-0.2, 0) is 6.54 Å². The van der Waals surface area contributed by atoms with Gasteiger partial charge in [-0.3, -0.25) is 4.98 Å². The molecule has 2 nitrogen and oxygen atoms in total. The van der Waals surface area contributed by atoms with Gasteiger partial charge in [0.1, 0.15) is 0 Å². The zero-order valence-electron chi connectivity index (χ0n) is 10.6. The van der Waals surface area contributed by atoms with Crippen LogP contribution in [0.3, 0.4) is 0 Å². The molecule has 0 amide bonds. The predicted octanol–water partition coefficient (Wildman–Crippen LogP) is 3.13. The second kappa shape index (κ2) is 4.68. The molecule has 2 rings (SSSR count). The van der Waals surface area contributed by atoms with Crippen molar-refractivity contribution in [1.82, 2.24) is 4.98 Å². The summed E-state index contributed by atoms with van der Waals surface area (Å²) in [6, 6.07) is 10.6. The smallest absolute Gasteiger partial charge is 0.0708 e. The molecule has 0 spiro atoms. The molecule has 0 aliphatic heterocycles. The summed E-state index contributed by atoms with van der Waals surface area (Å²) in [6.45, 7) is 6.78. The molecule has 0 aliphatic carbocycles. The fourth-order valence-electron chi connectivity index (χ4n) is 2.06. The van der Waals surface area contributed by atoms with E-state index in [0.717, 1.165) is 17.0 Å². The van der Waals surface area contributed by atoms with Gasteiger partial charge in [-0.05, 0) is 38.0 Å². The Labute approximate surface area is 103 Å². The highest BCUT2D eigenvalue weighted by atomic mass is 14.7. The van der Waals surface area contributed by atoms with Crippen LogP contribution < -0.4 is 5.73 Å². The molecule has 2 heteroatoms. The van der Waals surface area contributed by atoms with Crippen LogP contribution in [0.2, 0.25) is 0 Å². The maximum absolute atomic E-state index is 5.65. The Morgan fingerprint density at radius 2 is 1.82 bits per heavy atom. The maximum atomic E-state index is 5.65. The van der Waals surface area contributed by atoms with Crippen molar-refractivity contribution in [1.29, 1.82) is 0 Å². The van der Waals surface area contributed by atoms with Crippen LogP contribution in [0.4, 0.5) is 0 Å². The standard InChI is InChI=1S/C15H18N2/c1-10-4-6-14(11(2)8-10)15-7-5-13(9-16)12(3)17-15/h4-8H,9,16H2,1-3H3. The Balaban J connectivity index is 2.50. The molecule has 0 fully saturated rings. The zero-order valence-corrected chi connectivity index (χ0v) is 10.6. The molecule has 1 heterocycles. The molecule has 0 unspecified atom stereocenters. The lowest BCUT2D eigenvalue weighted by atomic mass is 10.0. The van der Waals surface area contributed by atoms with E-state index < -0.39 is 0 Å². The minimum Gasteiger partial charge on any atom is -0.326 e. The van der Waals surface area contributed by atoms with Crippen LogP contribution >= 0.6 is 0 Å². The predicted molar refractivity (Wildman–Crippen MR) is 71.8 cm³/mol. The third-order valence-corrected chi connectivity index (χ3v) is 3.07. The summed E-state index contributed by atoms with van der Waals surface area (Å²) in [6.07, 6.45) is 0. The summed E-state index contributed by atoms with van der Waals surface area (Å²) in [5, 5.41) is 0. The average Bonchev–Trinajstić information content (AvgIpc) is 2.29. The second-order valence-electron chi connectivity index (χ2n) is 4.46. The van der Waals surface area contributed by atoms with E-state index in [9.17, 15) is 0 Å². The largest absolute Gasteiger partial charge is 0.326 e. The van der Waals surface area contributed by atoms with Crippen LogP contribution in [0.1, 0.15) is 22.4 Å². The number of aromatic nitrogens is 1. The van der Waals surface area contributed by atoms with Crippen molar-refractivity contribution < 1.29 is 0 Å². The van der Waals surface area contributed by atoms with Crippen molar-refractivity contribution in [3.05, 3.63) is 52.7 Å². The molecule has 1 aromatic heterocycles. The van der Waals surface area contributed by atoms with Crippen molar-refractivity contribution in [2.24, 2.45) is 5.73 Å². The molecule has 88 valence electrons. The molecule has 0 saturated carbocycles. The van der Waals surface area contributed by atoms with Crippen LogP contribution in [-0.4, -0.2) is 4.98 Å². The van der Waals surface area contributed by atoms with Crippen molar-refractivity contribution in [3.8, 4) is 11.3 Å². The fraction of sp³-hybridized carbons (Fsp3) is 0.267. The number of nitrogens with zero attached hydrogens (tertiary/aromatic N) is 1. The minimum atomic E-state index is 0.548. The molecule has 0 aliphatic rings. The molecule has 2 aromatic rings. The van der Waals surface area contributed by atoms with Crippen molar-refractivity contribution in [2.45, 2.75) is 27.3 Å². The number of nitrogens with two attached hydrogens (primary N) is 1. The van der Waals surface area contributed by atoms with Gasteiger partial charge in [0, 0.05) is 17.8 Å². The van der Waals surface area contributed by atoms with E-state index >= 15 is 0 Å². The van der Waals surface area contributed by atoms with Gasteiger partial charge in [0.05, 0.1) is 5.69 Å². The third-order valence-electron chi connectivity index (χ3n) is 3.07. The Morgan fingerprint density at radius 1 is 1.06 bits per heavy atom. The van der Waals surface area contributed by atoms with Gasteiger partial charge in [-0.15, -0.1) is 0 Å². The van der Waals surface area contributed by atoms with Crippen molar-refractivity contribution in [3.63, 3.8) is 0 Å². The normalized spacial score (nSPS) is 10.6. The fourth-order valence-corrected chi connectivity index (χ4v) is 2.06. The monoisotopic (exact) mass is 226 g/mol. The summed E-state index contributed by atoms with van der Waals surface area (Å²) < 4.78 is 0. The third kappa shape index (κ3) is 2.37. The quantitative estimate of drug-likeness (QED) is 0.854. The van der Waals surface area contributed by atoms with Crippen LogP contribution in [0.15, 0.2) is 30.3 Å². The molecule has 17 heavy (non-hydrogen) atoms. The Bertz CT molecular complexity index is 545. The summed E-state index contributed by atoms with van der Waals surface area (Å²) in [5.74, 6) is 0. The van der Waals surface area contributed by atoms with E-state index in [1.807, 2.05) is 13.0 Å². The van der Waals surface area contributed by atoms with Crippen molar-refractivity contribution >= 4 is 0 Å². The highest BCUT2D eigenvalue weighted by Gasteiger charge is 2.05. The van der Waals surface area contributed by atoms with Crippen molar-refractivity contribution in [2.75, 3.05) is 0 Å². The SMILES string of the molecule is Cc1ccc(-c2ccc(CN)c(C)n2)c(C)c1. The number of hydrogen-bond acceptors (Lipinski definition) is 2. The van der Waals surface area contributed by atoms with E-state index in [1.165, 1.54) is 16.7 Å². The summed E-state index contributed by atoms with van der Waals surface area (Å²) >= 11 is 0. The number of benzene rings is 1. The van der Waals surface area contributed by atoms with E-state index in [4.69, 9.17) is 5.73 Å². The molecule has 0 radical (unpaired) electrons. The van der Waals surface area contributed by atoms with E-state index in [2.05, 4.69) is 43.1 Å². The molecular formula is C15H18N2. The maximum Gasteiger partial charge on any atom is 0.0708 e. The molecule has 0 saturated heterocycles. The van der Waals surface area contributed by atoms with E-state index in [0.29, 0.717) is 6.54 Å². The Morgan fingerprint density at radius 3 is 2.41 bits per heavy atom. The molecule has 0 atom stereocenters. The van der Waals surface area contributed by atoms with Gasteiger partial charge in [0.2, 0.25) is 0 Å². The highest BCUT2D eigenvalue weighted by Crippen LogP contribution is 2.23. The van der Waals surface area contributed by atoms with Gasteiger partial charge in [0.15, 0.2) is 0 Å². The highest BCUT2D eigenvalue weighted by molar-refractivity contribution is 5.64. The van der Waals surface area contributed by atoms with Gasteiger partial charge in [-0.25, -0.2) is 0 Å². The van der Waals surface area contributed by atoms with Crippen LogP contribution in [0.5, 0.6) is 0 Å². The lowest BCUT2D eigenvalue weighted by Gasteiger charge is -2.09. The lowest BCUT2D eigenvalue weighted by molar-refractivity contribution is 1.01. The van der Waals surface area contributed by atoms with Gasteiger partial charge in [-0.2, -0.15) is 0 Å². The topological polar surface area (TPSA) is 38.9 Å². The average molecular weight is 226 g/mol. The molecular weight excluding hydrogens is 208 g/mol. The summed E-state index contributed by atoms with van der Waals surface area (Å²) in [5.41, 5.74) is 12.5. The Hall–Kier alpha value is -1.67. The van der Waals surface area contributed by atoms with Crippen LogP contribution in [0, 0.1) is 20.8 Å². The van der Waals surface area contributed by atoms with Gasteiger partial charge < -0.3 is 5.73 Å². The van der Waals surface area contributed by atoms with Gasteiger partial charge >= 0.3 is 0 Å². The summed E-state index contributed by atoms with van der Waals surface area (Å²) in [4.78, 5) is 4.62. The zero-order chi connectivity index (χ0) is 12.4. The number of hydrogen-bond donors (Lipinski definition) is 1.